The SMILES string of the molecule is Oc1cccc(Oc2cccc(C=C3CCNCC3)c2)n1. The van der Waals surface area contributed by atoms with Crippen LogP contribution in [0.3, 0.4) is 0 Å². The number of ether oxygens (including phenoxy) is 1. The molecule has 2 heterocycles. The smallest absolute Gasteiger partial charge is 0.222 e. The van der Waals surface area contributed by atoms with Gasteiger partial charge < -0.3 is 15.2 Å². The van der Waals surface area contributed by atoms with E-state index in [1.807, 2.05) is 18.2 Å². The summed E-state index contributed by atoms with van der Waals surface area (Å²) in [5, 5.41) is 12.7. The molecular formula is C17H18N2O2. The lowest BCUT2D eigenvalue weighted by Crippen LogP contribution is -2.22. The van der Waals surface area contributed by atoms with Crippen LogP contribution in [0.25, 0.3) is 6.08 Å². The zero-order chi connectivity index (χ0) is 14.5. The zero-order valence-electron chi connectivity index (χ0n) is 11.7. The number of hydrogen-bond acceptors (Lipinski definition) is 4. The van der Waals surface area contributed by atoms with E-state index in [1.165, 1.54) is 11.6 Å². The number of pyridine rings is 1. The van der Waals surface area contributed by atoms with Gasteiger partial charge in [-0.2, -0.15) is 4.98 Å². The van der Waals surface area contributed by atoms with Crippen LogP contribution in [-0.2, 0) is 0 Å². The summed E-state index contributed by atoms with van der Waals surface area (Å²) in [5.74, 6) is 1.07. The second kappa shape index (κ2) is 6.41. The van der Waals surface area contributed by atoms with Crippen LogP contribution in [0.4, 0.5) is 0 Å². The van der Waals surface area contributed by atoms with Gasteiger partial charge in [-0.3, -0.25) is 0 Å². The normalized spacial score (nSPS) is 14.8. The van der Waals surface area contributed by atoms with Gasteiger partial charge >= 0.3 is 0 Å². The number of nitrogens with zero attached hydrogens (tertiary/aromatic N) is 1. The molecule has 1 aromatic heterocycles. The molecule has 0 aliphatic carbocycles. The van der Waals surface area contributed by atoms with Crippen molar-refractivity contribution in [3.05, 3.63) is 53.6 Å². The minimum Gasteiger partial charge on any atom is -0.493 e. The Morgan fingerprint density at radius 1 is 1.10 bits per heavy atom. The molecule has 1 aliphatic heterocycles. The van der Waals surface area contributed by atoms with Crippen LogP contribution < -0.4 is 10.1 Å². The largest absolute Gasteiger partial charge is 0.493 e. The van der Waals surface area contributed by atoms with E-state index in [1.54, 1.807) is 12.1 Å². The van der Waals surface area contributed by atoms with Crippen molar-refractivity contribution in [2.24, 2.45) is 0 Å². The average Bonchev–Trinajstić information content (AvgIpc) is 2.49. The van der Waals surface area contributed by atoms with Gasteiger partial charge in [0.1, 0.15) is 5.75 Å². The Kier molecular flexibility index (Phi) is 4.17. The Morgan fingerprint density at radius 2 is 1.90 bits per heavy atom. The molecule has 1 saturated heterocycles. The molecule has 0 atom stereocenters. The van der Waals surface area contributed by atoms with Crippen molar-refractivity contribution in [1.29, 1.82) is 0 Å². The second-order valence-electron chi connectivity index (χ2n) is 5.06. The summed E-state index contributed by atoms with van der Waals surface area (Å²) in [4.78, 5) is 3.92. The minimum absolute atomic E-state index is 0.0412. The van der Waals surface area contributed by atoms with Crippen molar-refractivity contribution in [1.82, 2.24) is 10.3 Å². The maximum absolute atomic E-state index is 9.36. The third-order valence-corrected chi connectivity index (χ3v) is 3.41. The Balaban J connectivity index is 1.76. The lowest BCUT2D eigenvalue weighted by molar-refractivity contribution is 0.419. The van der Waals surface area contributed by atoms with Crippen LogP contribution in [0, 0.1) is 0 Å². The van der Waals surface area contributed by atoms with E-state index in [0.717, 1.165) is 37.2 Å². The van der Waals surface area contributed by atoms with Crippen molar-refractivity contribution >= 4 is 6.08 Å². The number of benzene rings is 1. The van der Waals surface area contributed by atoms with Gasteiger partial charge in [0.2, 0.25) is 11.8 Å². The van der Waals surface area contributed by atoms with E-state index in [0.29, 0.717) is 5.88 Å². The monoisotopic (exact) mass is 282 g/mol. The Morgan fingerprint density at radius 3 is 2.71 bits per heavy atom. The van der Waals surface area contributed by atoms with E-state index in [2.05, 4.69) is 22.4 Å². The number of rotatable bonds is 3. The van der Waals surface area contributed by atoms with E-state index in [4.69, 9.17) is 4.74 Å². The van der Waals surface area contributed by atoms with Gasteiger partial charge in [-0.1, -0.05) is 29.8 Å². The predicted octanol–water partition coefficient (Wildman–Crippen LogP) is 3.35. The molecule has 1 aliphatic rings. The summed E-state index contributed by atoms with van der Waals surface area (Å²) in [6, 6.07) is 12.8. The number of nitrogens with one attached hydrogen (secondary N) is 1. The predicted molar refractivity (Wildman–Crippen MR) is 82.5 cm³/mol. The van der Waals surface area contributed by atoms with Gasteiger partial charge in [0.05, 0.1) is 0 Å². The average molecular weight is 282 g/mol. The first-order valence-electron chi connectivity index (χ1n) is 7.14. The molecule has 108 valence electrons. The highest BCUT2D eigenvalue weighted by Gasteiger charge is 2.05. The lowest BCUT2D eigenvalue weighted by atomic mass is 10.0. The molecule has 0 saturated carbocycles. The summed E-state index contributed by atoms with van der Waals surface area (Å²) < 4.78 is 5.68. The number of piperidine rings is 1. The maximum atomic E-state index is 9.36. The Hall–Kier alpha value is -2.33. The lowest BCUT2D eigenvalue weighted by Gasteiger charge is -2.15. The number of hydrogen-bond donors (Lipinski definition) is 2. The first-order chi connectivity index (χ1) is 10.3. The summed E-state index contributed by atoms with van der Waals surface area (Å²) in [5.41, 5.74) is 2.59. The Bertz CT molecular complexity index is 645. The summed E-state index contributed by atoms with van der Waals surface area (Å²) >= 11 is 0. The van der Waals surface area contributed by atoms with E-state index in [-0.39, 0.29) is 5.88 Å². The fraction of sp³-hybridized carbons (Fsp3) is 0.235. The van der Waals surface area contributed by atoms with E-state index < -0.39 is 0 Å². The van der Waals surface area contributed by atoms with Crippen LogP contribution in [0.2, 0.25) is 0 Å². The molecule has 4 nitrogen and oxygen atoms in total. The van der Waals surface area contributed by atoms with Gasteiger partial charge in [0.25, 0.3) is 0 Å². The Labute approximate surface area is 124 Å². The maximum Gasteiger partial charge on any atom is 0.222 e. The highest BCUT2D eigenvalue weighted by molar-refractivity contribution is 5.55. The second-order valence-corrected chi connectivity index (χ2v) is 5.06. The fourth-order valence-electron chi connectivity index (χ4n) is 2.38. The summed E-state index contributed by atoms with van der Waals surface area (Å²) in [7, 11) is 0. The molecular weight excluding hydrogens is 264 g/mol. The van der Waals surface area contributed by atoms with Gasteiger partial charge in [-0.05, 0) is 43.6 Å². The van der Waals surface area contributed by atoms with Crippen molar-refractivity contribution in [2.75, 3.05) is 13.1 Å². The van der Waals surface area contributed by atoms with Gasteiger partial charge in [-0.15, -0.1) is 0 Å². The van der Waals surface area contributed by atoms with Crippen molar-refractivity contribution in [3.63, 3.8) is 0 Å². The highest BCUT2D eigenvalue weighted by atomic mass is 16.5. The van der Waals surface area contributed by atoms with Crippen LogP contribution in [0.15, 0.2) is 48.0 Å². The first kappa shape index (κ1) is 13.6. The number of aromatic nitrogens is 1. The minimum atomic E-state index is -0.0412. The molecule has 2 aromatic rings. The van der Waals surface area contributed by atoms with E-state index in [9.17, 15) is 5.11 Å². The summed E-state index contributed by atoms with van der Waals surface area (Å²) in [6.45, 7) is 2.10. The molecule has 1 aromatic carbocycles. The quantitative estimate of drug-likeness (QED) is 0.906. The van der Waals surface area contributed by atoms with Crippen LogP contribution >= 0.6 is 0 Å². The van der Waals surface area contributed by atoms with Crippen LogP contribution in [0.5, 0.6) is 17.5 Å². The van der Waals surface area contributed by atoms with Crippen LogP contribution in [-0.4, -0.2) is 23.2 Å². The zero-order valence-corrected chi connectivity index (χ0v) is 11.7. The topological polar surface area (TPSA) is 54.4 Å². The molecule has 4 heteroatoms. The molecule has 2 N–H and O–H groups in total. The van der Waals surface area contributed by atoms with Crippen molar-refractivity contribution in [2.45, 2.75) is 12.8 Å². The highest BCUT2D eigenvalue weighted by Crippen LogP contribution is 2.24. The first-order valence-corrected chi connectivity index (χ1v) is 7.14. The molecule has 0 unspecified atom stereocenters. The third-order valence-electron chi connectivity index (χ3n) is 3.41. The van der Waals surface area contributed by atoms with Crippen molar-refractivity contribution < 1.29 is 9.84 Å². The summed E-state index contributed by atoms with van der Waals surface area (Å²) in [6.07, 6.45) is 4.42. The molecule has 0 amide bonds. The molecule has 3 rings (SSSR count). The molecule has 21 heavy (non-hydrogen) atoms. The fourth-order valence-corrected chi connectivity index (χ4v) is 2.38. The van der Waals surface area contributed by atoms with Crippen LogP contribution in [0.1, 0.15) is 18.4 Å². The third kappa shape index (κ3) is 3.83. The van der Waals surface area contributed by atoms with Crippen molar-refractivity contribution in [3.8, 4) is 17.5 Å². The van der Waals surface area contributed by atoms with Gasteiger partial charge in [0, 0.05) is 12.1 Å². The molecule has 0 radical (unpaired) electrons. The molecule has 1 fully saturated rings. The molecule has 0 bridgehead atoms. The van der Waals surface area contributed by atoms with Gasteiger partial charge in [0.15, 0.2) is 0 Å². The molecule has 0 spiro atoms. The van der Waals surface area contributed by atoms with E-state index >= 15 is 0 Å². The standard InChI is InChI=1S/C17H18N2O2/c20-16-5-2-6-17(19-16)21-15-4-1-3-14(12-15)11-13-7-9-18-10-8-13/h1-6,11-12,18H,7-10H2,(H,19,20). The van der Waals surface area contributed by atoms with Gasteiger partial charge in [-0.25, -0.2) is 0 Å². The number of aromatic hydroxyl groups is 1.